The summed E-state index contributed by atoms with van der Waals surface area (Å²) >= 11 is 1.61. The lowest BCUT2D eigenvalue weighted by Crippen LogP contribution is -2.46. The van der Waals surface area contributed by atoms with Gasteiger partial charge >= 0.3 is 0 Å². The minimum absolute atomic E-state index is 0.200. The van der Waals surface area contributed by atoms with E-state index in [1.165, 1.54) is 0 Å². The minimum atomic E-state index is 0.200. The number of hydrogen-bond donors (Lipinski definition) is 1. The van der Waals surface area contributed by atoms with Gasteiger partial charge in [0.2, 0.25) is 5.91 Å². The van der Waals surface area contributed by atoms with Crippen LogP contribution in [0.4, 0.5) is 0 Å². The third kappa shape index (κ3) is 2.76. The Morgan fingerprint density at radius 3 is 2.93 bits per heavy atom. The largest absolute Gasteiger partial charge is 0.340 e. The van der Waals surface area contributed by atoms with Gasteiger partial charge in [0, 0.05) is 37.3 Å². The summed E-state index contributed by atoms with van der Waals surface area (Å²) in [5.41, 5.74) is 0. The van der Waals surface area contributed by atoms with Gasteiger partial charge in [-0.2, -0.15) is 0 Å². The number of rotatable bonds is 2. The maximum absolute atomic E-state index is 11.8. The van der Waals surface area contributed by atoms with Crippen LogP contribution in [0.3, 0.4) is 0 Å². The Bertz CT molecular complexity index is 344. The zero-order valence-corrected chi connectivity index (χ0v) is 9.64. The molecular weight excluding hydrogens is 210 g/mol. The number of piperazine rings is 1. The molecule has 2 rings (SSSR count). The fourth-order valence-corrected chi connectivity index (χ4v) is 2.42. The van der Waals surface area contributed by atoms with E-state index < -0.39 is 0 Å². The zero-order chi connectivity index (χ0) is 10.7. The molecule has 1 aromatic rings. The summed E-state index contributed by atoms with van der Waals surface area (Å²) in [5.74, 6) is 0.200. The van der Waals surface area contributed by atoms with E-state index in [0.29, 0.717) is 6.42 Å². The average molecular weight is 225 g/mol. The summed E-state index contributed by atoms with van der Waals surface area (Å²) in [6.45, 7) is 5.47. The van der Waals surface area contributed by atoms with Crippen LogP contribution < -0.4 is 5.32 Å². The van der Waals surface area contributed by atoms with Crippen molar-refractivity contribution in [3.63, 3.8) is 0 Å². The lowest BCUT2D eigenvalue weighted by atomic mass is 10.3. The summed E-state index contributed by atoms with van der Waals surface area (Å²) < 4.78 is 0. The SMILES string of the molecule is Cc1cnc(CC(=O)N2CCNCC2)s1. The van der Waals surface area contributed by atoms with Crippen molar-refractivity contribution in [3.05, 3.63) is 16.1 Å². The number of carbonyl (C=O) groups excluding carboxylic acids is 1. The molecule has 1 aliphatic rings. The van der Waals surface area contributed by atoms with E-state index in [1.807, 2.05) is 18.0 Å². The lowest BCUT2D eigenvalue weighted by molar-refractivity contribution is -0.131. The molecule has 82 valence electrons. The highest BCUT2D eigenvalue weighted by atomic mass is 32.1. The molecule has 2 heterocycles. The highest BCUT2D eigenvalue weighted by Crippen LogP contribution is 2.12. The van der Waals surface area contributed by atoms with Gasteiger partial charge in [-0.25, -0.2) is 4.98 Å². The average Bonchev–Trinajstić information content (AvgIpc) is 2.65. The second kappa shape index (κ2) is 4.72. The minimum Gasteiger partial charge on any atom is -0.340 e. The van der Waals surface area contributed by atoms with Crippen molar-refractivity contribution < 1.29 is 4.79 Å². The van der Waals surface area contributed by atoms with Gasteiger partial charge in [0.15, 0.2) is 0 Å². The van der Waals surface area contributed by atoms with Gasteiger partial charge in [0.1, 0.15) is 5.01 Å². The van der Waals surface area contributed by atoms with Crippen molar-refractivity contribution >= 4 is 17.2 Å². The highest BCUT2D eigenvalue weighted by molar-refractivity contribution is 7.11. The molecule has 15 heavy (non-hydrogen) atoms. The number of amides is 1. The molecule has 1 aromatic heterocycles. The van der Waals surface area contributed by atoms with Crippen molar-refractivity contribution in [2.75, 3.05) is 26.2 Å². The number of aryl methyl sites for hydroxylation is 1. The van der Waals surface area contributed by atoms with Crippen LogP contribution in [0.5, 0.6) is 0 Å². The standard InChI is InChI=1S/C10H15N3OS/c1-8-7-12-9(15-8)6-10(14)13-4-2-11-3-5-13/h7,11H,2-6H2,1H3. The number of nitrogens with zero attached hydrogens (tertiary/aromatic N) is 2. The third-order valence-corrected chi connectivity index (χ3v) is 3.35. The molecule has 0 bridgehead atoms. The second-order valence-corrected chi connectivity index (χ2v) is 4.99. The maximum atomic E-state index is 11.8. The van der Waals surface area contributed by atoms with Crippen LogP contribution in [-0.4, -0.2) is 42.0 Å². The van der Waals surface area contributed by atoms with Crippen molar-refractivity contribution in [2.24, 2.45) is 0 Å². The molecule has 0 saturated carbocycles. The fraction of sp³-hybridized carbons (Fsp3) is 0.600. The quantitative estimate of drug-likeness (QED) is 0.793. The summed E-state index contributed by atoms with van der Waals surface area (Å²) in [6, 6.07) is 0. The van der Waals surface area contributed by atoms with Crippen molar-refractivity contribution in [3.8, 4) is 0 Å². The van der Waals surface area contributed by atoms with Crippen LogP contribution in [-0.2, 0) is 11.2 Å². The van der Waals surface area contributed by atoms with Gasteiger partial charge in [0.25, 0.3) is 0 Å². The van der Waals surface area contributed by atoms with Gasteiger partial charge in [0.05, 0.1) is 6.42 Å². The van der Waals surface area contributed by atoms with Crippen LogP contribution in [0.2, 0.25) is 0 Å². The summed E-state index contributed by atoms with van der Waals surface area (Å²) in [4.78, 5) is 19.1. The highest BCUT2D eigenvalue weighted by Gasteiger charge is 2.17. The summed E-state index contributed by atoms with van der Waals surface area (Å²) in [6.07, 6.45) is 2.28. The molecule has 0 aromatic carbocycles. The first-order valence-electron chi connectivity index (χ1n) is 5.15. The van der Waals surface area contributed by atoms with Gasteiger partial charge in [-0.1, -0.05) is 0 Å². The van der Waals surface area contributed by atoms with Crippen molar-refractivity contribution in [2.45, 2.75) is 13.3 Å². The summed E-state index contributed by atoms with van der Waals surface area (Å²) in [7, 11) is 0. The number of carbonyl (C=O) groups is 1. The second-order valence-electron chi connectivity index (χ2n) is 3.67. The summed E-state index contributed by atoms with van der Waals surface area (Å²) in [5, 5.41) is 4.16. The Morgan fingerprint density at radius 1 is 1.60 bits per heavy atom. The topological polar surface area (TPSA) is 45.2 Å². The first-order valence-corrected chi connectivity index (χ1v) is 5.97. The molecule has 1 N–H and O–H groups in total. The predicted octanol–water partition coefficient (Wildman–Crippen LogP) is 0.426. The molecular formula is C10H15N3OS. The molecule has 5 heteroatoms. The number of thiazole rings is 1. The molecule has 0 unspecified atom stereocenters. The Morgan fingerprint density at radius 2 is 2.33 bits per heavy atom. The Labute approximate surface area is 93.3 Å². The monoisotopic (exact) mass is 225 g/mol. The van der Waals surface area contributed by atoms with E-state index in [9.17, 15) is 4.79 Å². The van der Waals surface area contributed by atoms with Crippen LogP contribution >= 0.6 is 11.3 Å². The van der Waals surface area contributed by atoms with E-state index in [-0.39, 0.29) is 5.91 Å². The first-order chi connectivity index (χ1) is 7.25. The maximum Gasteiger partial charge on any atom is 0.229 e. The van der Waals surface area contributed by atoms with Crippen LogP contribution in [0, 0.1) is 6.92 Å². The molecule has 1 saturated heterocycles. The zero-order valence-electron chi connectivity index (χ0n) is 8.82. The van der Waals surface area contributed by atoms with E-state index in [2.05, 4.69) is 10.3 Å². The van der Waals surface area contributed by atoms with E-state index in [4.69, 9.17) is 0 Å². The molecule has 1 amide bonds. The Kier molecular flexibility index (Phi) is 3.33. The normalized spacial score (nSPS) is 16.7. The molecule has 0 radical (unpaired) electrons. The predicted molar refractivity (Wildman–Crippen MR) is 60.0 cm³/mol. The number of nitrogens with one attached hydrogen (secondary N) is 1. The van der Waals surface area contributed by atoms with Crippen LogP contribution in [0.25, 0.3) is 0 Å². The van der Waals surface area contributed by atoms with E-state index >= 15 is 0 Å². The van der Waals surface area contributed by atoms with Crippen molar-refractivity contribution in [1.82, 2.24) is 15.2 Å². The van der Waals surface area contributed by atoms with Gasteiger partial charge < -0.3 is 10.2 Å². The molecule has 0 atom stereocenters. The molecule has 0 spiro atoms. The first kappa shape index (κ1) is 10.6. The number of hydrogen-bond acceptors (Lipinski definition) is 4. The molecule has 0 aliphatic carbocycles. The van der Waals surface area contributed by atoms with E-state index in [1.54, 1.807) is 11.3 Å². The molecule has 4 nitrogen and oxygen atoms in total. The molecule has 1 fully saturated rings. The Balaban J connectivity index is 1.91. The Hall–Kier alpha value is -0.940. The van der Waals surface area contributed by atoms with E-state index in [0.717, 1.165) is 36.1 Å². The van der Waals surface area contributed by atoms with Gasteiger partial charge in [-0.05, 0) is 6.92 Å². The fourth-order valence-electron chi connectivity index (χ4n) is 1.64. The third-order valence-electron chi connectivity index (χ3n) is 2.44. The smallest absolute Gasteiger partial charge is 0.229 e. The van der Waals surface area contributed by atoms with Crippen LogP contribution in [0.15, 0.2) is 6.20 Å². The number of aromatic nitrogens is 1. The van der Waals surface area contributed by atoms with Crippen LogP contribution in [0.1, 0.15) is 9.88 Å². The van der Waals surface area contributed by atoms with Gasteiger partial charge in [-0.3, -0.25) is 4.79 Å². The lowest BCUT2D eigenvalue weighted by Gasteiger charge is -2.27. The molecule has 1 aliphatic heterocycles. The van der Waals surface area contributed by atoms with Gasteiger partial charge in [-0.15, -0.1) is 11.3 Å². The van der Waals surface area contributed by atoms with Crippen molar-refractivity contribution in [1.29, 1.82) is 0 Å².